The number of allylic oxidation sites excluding steroid dienone is 4. The number of carbonyl (C=O) groups excluding carboxylic acids is 2. The van der Waals surface area contributed by atoms with Crippen molar-refractivity contribution in [3.05, 3.63) is 24.3 Å². The molecule has 0 aromatic heterocycles. The molecular weight excluding hydrogens is 899 g/mol. The molecule has 2 unspecified atom stereocenters. The zero-order valence-electron chi connectivity index (χ0n) is 49.4. The Kier molecular flexibility index (Phi) is 61.4. The predicted molar refractivity (Wildman–Crippen MR) is 320 cm³/mol. The Balaban J connectivity index is 3.43. The minimum atomic E-state index is -0.671. The van der Waals surface area contributed by atoms with E-state index in [4.69, 9.17) is 4.74 Å². The summed E-state index contributed by atoms with van der Waals surface area (Å²) in [6.45, 7) is 4.98. The lowest BCUT2D eigenvalue weighted by molar-refractivity contribution is -0.143. The third kappa shape index (κ3) is 59.4. The third-order valence-electron chi connectivity index (χ3n) is 15.5. The average molecular weight is 1030 g/mol. The number of nitrogens with one attached hydrogen (secondary N) is 1. The Morgan fingerprint density at radius 2 is 0.685 bits per heavy atom. The van der Waals surface area contributed by atoms with Gasteiger partial charge in [0.05, 0.1) is 25.4 Å². The molecule has 0 aliphatic rings. The second-order valence-corrected chi connectivity index (χ2v) is 22.8. The van der Waals surface area contributed by atoms with Crippen molar-refractivity contribution in [2.75, 3.05) is 13.2 Å². The van der Waals surface area contributed by atoms with Crippen LogP contribution in [-0.2, 0) is 14.3 Å². The van der Waals surface area contributed by atoms with E-state index in [9.17, 15) is 19.8 Å². The number of aliphatic hydroxyl groups excluding tert-OH is 2. The Labute approximate surface area is 456 Å². The van der Waals surface area contributed by atoms with Gasteiger partial charge in [-0.2, -0.15) is 0 Å². The van der Waals surface area contributed by atoms with Gasteiger partial charge < -0.3 is 20.3 Å². The summed E-state index contributed by atoms with van der Waals surface area (Å²) in [7, 11) is 0. The first-order valence-corrected chi connectivity index (χ1v) is 33.1. The van der Waals surface area contributed by atoms with Gasteiger partial charge >= 0.3 is 5.97 Å². The van der Waals surface area contributed by atoms with E-state index in [0.717, 1.165) is 44.9 Å². The number of aliphatic hydroxyl groups is 2. The lowest BCUT2D eigenvalue weighted by Crippen LogP contribution is -2.45. The summed E-state index contributed by atoms with van der Waals surface area (Å²) in [5, 5.41) is 23.3. The van der Waals surface area contributed by atoms with Crippen LogP contribution in [0.1, 0.15) is 367 Å². The standard InChI is InChI=1S/C67H129NO5/c1-3-5-7-9-11-13-15-17-19-28-31-35-39-43-47-51-55-59-65(70)64(63-69)68-66(71)60-56-52-48-44-40-36-32-29-26-24-22-21-23-25-27-30-34-38-42-46-50-54-58-62-73-67(72)61-57-53-49-45-41-37-33-20-18-16-14-12-10-8-6-4-2/h21,23-24,26,64-65,69-70H,3-20,22,25,27-63H2,1-2H3,(H,68,71)/b23-21-,26-24-. The molecule has 0 aromatic rings. The van der Waals surface area contributed by atoms with Crippen LogP contribution >= 0.6 is 0 Å². The fourth-order valence-corrected chi connectivity index (χ4v) is 10.4. The maximum absolute atomic E-state index is 12.5. The normalized spacial score (nSPS) is 12.7. The number of hydrogen-bond acceptors (Lipinski definition) is 5. The van der Waals surface area contributed by atoms with Crippen LogP contribution in [0, 0.1) is 0 Å². The van der Waals surface area contributed by atoms with Gasteiger partial charge in [0, 0.05) is 12.8 Å². The SMILES string of the molecule is CCCCCCCCCCCCCCCCCCCC(O)C(CO)NC(=O)CCCCCCCCC/C=C\C/C=C\CCCCCCCCCCCOC(=O)CCCCCCCCCCCCCCCCCC. The Morgan fingerprint density at radius 1 is 0.384 bits per heavy atom. The molecule has 0 fully saturated rings. The Bertz CT molecular complexity index is 1140. The van der Waals surface area contributed by atoms with E-state index in [-0.39, 0.29) is 18.5 Å². The van der Waals surface area contributed by atoms with Crippen molar-refractivity contribution in [3.8, 4) is 0 Å². The van der Waals surface area contributed by atoms with Crippen LogP contribution in [0.15, 0.2) is 24.3 Å². The number of rotatable bonds is 62. The summed E-state index contributed by atoms with van der Waals surface area (Å²) in [6.07, 6.45) is 77.7. The van der Waals surface area contributed by atoms with Crippen molar-refractivity contribution >= 4 is 11.9 Å². The fraction of sp³-hybridized carbons (Fsp3) is 0.910. The van der Waals surface area contributed by atoms with Gasteiger partial charge in [0.15, 0.2) is 0 Å². The minimum absolute atomic E-state index is 0.0112. The van der Waals surface area contributed by atoms with E-state index in [1.165, 1.54) is 289 Å². The molecule has 0 heterocycles. The van der Waals surface area contributed by atoms with Gasteiger partial charge in [0.2, 0.25) is 5.91 Å². The molecule has 0 spiro atoms. The third-order valence-corrected chi connectivity index (χ3v) is 15.5. The fourth-order valence-electron chi connectivity index (χ4n) is 10.4. The monoisotopic (exact) mass is 1030 g/mol. The van der Waals surface area contributed by atoms with Crippen LogP contribution in [0.5, 0.6) is 0 Å². The van der Waals surface area contributed by atoms with Gasteiger partial charge in [-0.05, 0) is 57.8 Å². The Hall–Kier alpha value is -1.66. The summed E-state index contributed by atoms with van der Waals surface area (Å²) >= 11 is 0. The molecule has 6 heteroatoms. The van der Waals surface area contributed by atoms with Crippen LogP contribution in [0.25, 0.3) is 0 Å². The van der Waals surface area contributed by atoms with E-state index in [0.29, 0.717) is 25.9 Å². The van der Waals surface area contributed by atoms with Gasteiger partial charge in [-0.3, -0.25) is 9.59 Å². The van der Waals surface area contributed by atoms with E-state index < -0.39 is 12.1 Å². The summed E-state index contributed by atoms with van der Waals surface area (Å²) < 4.78 is 5.49. The molecule has 73 heavy (non-hydrogen) atoms. The van der Waals surface area contributed by atoms with Crippen molar-refractivity contribution in [1.29, 1.82) is 0 Å². The first kappa shape index (κ1) is 71.3. The van der Waals surface area contributed by atoms with Crippen molar-refractivity contribution in [3.63, 3.8) is 0 Å². The first-order valence-electron chi connectivity index (χ1n) is 33.1. The van der Waals surface area contributed by atoms with Gasteiger partial charge in [0.25, 0.3) is 0 Å². The highest BCUT2D eigenvalue weighted by Gasteiger charge is 2.20. The largest absolute Gasteiger partial charge is 0.466 e. The second-order valence-electron chi connectivity index (χ2n) is 22.8. The summed E-state index contributed by atoms with van der Waals surface area (Å²) in [5.41, 5.74) is 0. The number of carbonyl (C=O) groups is 2. The number of amides is 1. The number of ether oxygens (including phenoxy) is 1. The molecule has 432 valence electrons. The number of unbranched alkanes of at least 4 members (excludes halogenated alkanes) is 47. The molecule has 0 aliphatic heterocycles. The van der Waals surface area contributed by atoms with Crippen molar-refractivity contribution in [1.82, 2.24) is 5.32 Å². The van der Waals surface area contributed by atoms with Gasteiger partial charge in [-0.25, -0.2) is 0 Å². The molecule has 1 amide bonds. The molecule has 2 atom stereocenters. The lowest BCUT2D eigenvalue weighted by atomic mass is 10.0. The van der Waals surface area contributed by atoms with Crippen molar-refractivity contribution < 1.29 is 24.5 Å². The van der Waals surface area contributed by atoms with Gasteiger partial charge in [-0.1, -0.05) is 321 Å². The summed E-state index contributed by atoms with van der Waals surface area (Å²) in [4.78, 5) is 24.6. The second kappa shape index (κ2) is 62.9. The smallest absolute Gasteiger partial charge is 0.305 e. The zero-order valence-corrected chi connectivity index (χ0v) is 49.4. The van der Waals surface area contributed by atoms with E-state index in [2.05, 4.69) is 43.5 Å². The molecule has 0 aromatic carbocycles. The highest BCUT2D eigenvalue weighted by molar-refractivity contribution is 5.76. The maximum Gasteiger partial charge on any atom is 0.305 e. The molecule has 0 saturated heterocycles. The number of hydrogen-bond donors (Lipinski definition) is 3. The molecule has 6 nitrogen and oxygen atoms in total. The van der Waals surface area contributed by atoms with Gasteiger partial charge in [-0.15, -0.1) is 0 Å². The number of esters is 1. The topological polar surface area (TPSA) is 95.9 Å². The highest BCUT2D eigenvalue weighted by atomic mass is 16.5. The van der Waals surface area contributed by atoms with Crippen LogP contribution in [0.2, 0.25) is 0 Å². The highest BCUT2D eigenvalue weighted by Crippen LogP contribution is 2.18. The van der Waals surface area contributed by atoms with Gasteiger partial charge in [0.1, 0.15) is 0 Å². The molecule has 0 saturated carbocycles. The zero-order chi connectivity index (χ0) is 52.9. The van der Waals surface area contributed by atoms with Crippen LogP contribution in [0.4, 0.5) is 0 Å². The lowest BCUT2D eigenvalue weighted by Gasteiger charge is -2.22. The maximum atomic E-state index is 12.5. The molecule has 0 rings (SSSR count). The Morgan fingerprint density at radius 3 is 1.04 bits per heavy atom. The average Bonchev–Trinajstić information content (AvgIpc) is 3.39. The first-order chi connectivity index (χ1) is 36.0. The van der Waals surface area contributed by atoms with E-state index in [1.807, 2.05) is 0 Å². The molecule has 0 bridgehead atoms. The summed E-state index contributed by atoms with van der Waals surface area (Å²) in [6, 6.07) is -0.549. The van der Waals surface area contributed by atoms with Crippen LogP contribution in [0.3, 0.4) is 0 Å². The quantitative estimate of drug-likeness (QED) is 0.0320. The van der Waals surface area contributed by atoms with Crippen LogP contribution < -0.4 is 5.32 Å². The molecule has 0 aliphatic carbocycles. The summed E-state index contributed by atoms with van der Waals surface area (Å²) in [5.74, 6) is -0.0314. The van der Waals surface area contributed by atoms with Crippen molar-refractivity contribution in [2.45, 2.75) is 379 Å². The van der Waals surface area contributed by atoms with E-state index >= 15 is 0 Å². The van der Waals surface area contributed by atoms with E-state index in [1.54, 1.807) is 0 Å². The molecule has 3 N–H and O–H groups in total. The molecular formula is C67H129NO5. The van der Waals surface area contributed by atoms with Crippen molar-refractivity contribution in [2.24, 2.45) is 0 Å². The van der Waals surface area contributed by atoms with Crippen LogP contribution in [-0.4, -0.2) is 47.4 Å². The molecule has 0 radical (unpaired) electrons. The predicted octanol–water partition coefficient (Wildman–Crippen LogP) is 21.0. The minimum Gasteiger partial charge on any atom is -0.466 e.